The van der Waals surface area contributed by atoms with Crippen molar-refractivity contribution < 1.29 is 0 Å². The second kappa shape index (κ2) is 2.14. The summed E-state index contributed by atoms with van der Waals surface area (Å²) in [6, 6.07) is 0. The molecule has 0 heterocycles. The van der Waals surface area contributed by atoms with Crippen LogP contribution >= 0.6 is 0 Å². The molecule has 0 aliphatic heterocycles. The molecule has 0 amide bonds. The van der Waals surface area contributed by atoms with E-state index >= 15 is 0 Å². The van der Waals surface area contributed by atoms with Crippen LogP contribution in [-0.4, -0.2) is 0 Å². The van der Waals surface area contributed by atoms with Crippen molar-refractivity contribution in [2.45, 2.75) is 27.7 Å². The Hall–Kier alpha value is -0.740. The second-order valence-electron chi connectivity index (χ2n) is 3.81. The minimum absolute atomic E-state index is 0.258. The van der Waals surface area contributed by atoms with Crippen LogP contribution in [0.1, 0.15) is 27.7 Å². The van der Waals surface area contributed by atoms with Crippen LogP contribution in [0.2, 0.25) is 0 Å². The zero-order chi connectivity index (χ0) is 7.78. The van der Waals surface area contributed by atoms with E-state index in [0.717, 1.165) is 0 Å². The fraction of sp³-hybridized carbons (Fsp3) is 0.500. The Kier molecular flexibility index (Phi) is 1.58. The van der Waals surface area contributed by atoms with Crippen molar-refractivity contribution in [3.8, 4) is 0 Å². The van der Waals surface area contributed by atoms with Gasteiger partial charge in [-0.2, -0.15) is 0 Å². The van der Waals surface area contributed by atoms with Gasteiger partial charge in [0.2, 0.25) is 0 Å². The van der Waals surface area contributed by atoms with Gasteiger partial charge in [-0.15, -0.1) is 5.73 Å². The molecule has 1 rings (SSSR count). The molecule has 0 nitrogen and oxygen atoms in total. The lowest BCUT2D eigenvalue weighted by Gasteiger charge is -2.16. The van der Waals surface area contributed by atoms with Crippen molar-refractivity contribution in [2.75, 3.05) is 0 Å². The molecule has 0 unspecified atom stereocenters. The molecule has 0 saturated heterocycles. The predicted octanol–water partition coefficient (Wildman–Crippen LogP) is 3.07. The Morgan fingerprint density at radius 1 is 1.20 bits per heavy atom. The van der Waals surface area contributed by atoms with Crippen LogP contribution in [0.15, 0.2) is 29.0 Å². The minimum atomic E-state index is 0.258. The Labute approximate surface area is 62.9 Å². The molecule has 1 aliphatic carbocycles. The lowest BCUT2D eigenvalue weighted by atomic mass is 9.88. The highest BCUT2D eigenvalue weighted by Crippen LogP contribution is 2.28. The smallest absolute Gasteiger partial charge is 0.000363 e. The molecule has 10 heavy (non-hydrogen) atoms. The van der Waals surface area contributed by atoms with Gasteiger partial charge < -0.3 is 0 Å². The van der Waals surface area contributed by atoms with Crippen molar-refractivity contribution in [1.29, 1.82) is 0 Å². The van der Waals surface area contributed by atoms with E-state index < -0.39 is 0 Å². The van der Waals surface area contributed by atoms with Gasteiger partial charge in [0, 0.05) is 0 Å². The Bertz CT molecular complexity index is 227. The molecule has 0 bridgehead atoms. The zero-order valence-corrected chi connectivity index (χ0v) is 7.15. The van der Waals surface area contributed by atoms with Crippen LogP contribution in [0, 0.1) is 5.41 Å². The topological polar surface area (TPSA) is 0 Å². The molecule has 0 N–H and O–H groups in total. The van der Waals surface area contributed by atoms with E-state index in [1.165, 1.54) is 11.1 Å². The molecule has 0 fully saturated rings. The molecule has 0 heteroatoms. The van der Waals surface area contributed by atoms with Gasteiger partial charge in [0.15, 0.2) is 0 Å². The largest absolute Gasteiger partial charge is 0.114 e. The minimum Gasteiger partial charge on any atom is -0.114 e. The van der Waals surface area contributed by atoms with Crippen molar-refractivity contribution in [2.24, 2.45) is 5.41 Å². The molecule has 0 atom stereocenters. The average Bonchev–Trinajstić information content (AvgIpc) is 2.11. The number of allylic oxidation sites excluding steroid dienone is 3. The SMILES string of the molecule is CC1=C=C(C(C)(C)C)C=C1. The van der Waals surface area contributed by atoms with Gasteiger partial charge in [0.25, 0.3) is 0 Å². The molecule has 0 spiro atoms. The van der Waals surface area contributed by atoms with Gasteiger partial charge in [-0.1, -0.05) is 26.8 Å². The van der Waals surface area contributed by atoms with E-state index in [1.807, 2.05) is 0 Å². The summed E-state index contributed by atoms with van der Waals surface area (Å²) in [5, 5.41) is 0. The number of rotatable bonds is 0. The molecule has 0 aromatic carbocycles. The lowest BCUT2D eigenvalue weighted by Crippen LogP contribution is -2.05. The van der Waals surface area contributed by atoms with E-state index in [0.29, 0.717) is 0 Å². The quantitative estimate of drug-likeness (QED) is 0.447. The Morgan fingerprint density at radius 3 is 2.00 bits per heavy atom. The van der Waals surface area contributed by atoms with Gasteiger partial charge in [-0.3, -0.25) is 0 Å². The Morgan fingerprint density at radius 2 is 1.80 bits per heavy atom. The van der Waals surface area contributed by atoms with E-state index in [1.54, 1.807) is 0 Å². The summed E-state index contributed by atoms with van der Waals surface area (Å²) in [4.78, 5) is 0. The first-order valence-corrected chi connectivity index (χ1v) is 3.66. The van der Waals surface area contributed by atoms with E-state index in [9.17, 15) is 0 Å². The summed E-state index contributed by atoms with van der Waals surface area (Å²) in [5.41, 5.74) is 6.13. The van der Waals surface area contributed by atoms with Gasteiger partial charge in [-0.25, -0.2) is 0 Å². The first-order valence-electron chi connectivity index (χ1n) is 3.66. The van der Waals surface area contributed by atoms with Crippen molar-refractivity contribution in [1.82, 2.24) is 0 Å². The Balaban J connectivity index is 2.99. The average molecular weight is 134 g/mol. The van der Waals surface area contributed by atoms with Crippen molar-refractivity contribution in [3.05, 3.63) is 29.0 Å². The van der Waals surface area contributed by atoms with Gasteiger partial charge in [0.1, 0.15) is 0 Å². The van der Waals surface area contributed by atoms with Crippen LogP contribution in [0.4, 0.5) is 0 Å². The summed E-state index contributed by atoms with van der Waals surface area (Å²) < 4.78 is 0. The summed E-state index contributed by atoms with van der Waals surface area (Å²) in [6.07, 6.45) is 4.26. The second-order valence-corrected chi connectivity index (χ2v) is 3.81. The van der Waals surface area contributed by atoms with Crippen molar-refractivity contribution in [3.63, 3.8) is 0 Å². The maximum Gasteiger partial charge on any atom is -0.000363 e. The molecule has 1 aliphatic rings. The molecular formula is C10H14. The summed E-state index contributed by atoms with van der Waals surface area (Å²) in [6.45, 7) is 8.70. The third-order valence-corrected chi connectivity index (χ3v) is 1.64. The maximum absolute atomic E-state index is 3.32. The normalized spacial score (nSPS) is 17.2. The fourth-order valence-corrected chi connectivity index (χ4v) is 0.942. The molecule has 0 aromatic heterocycles. The highest BCUT2D eigenvalue weighted by Gasteiger charge is 2.15. The number of hydrogen-bond donors (Lipinski definition) is 0. The molecule has 0 saturated carbocycles. The first-order chi connectivity index (χ1) is 4.50. The molecule has 54 valence electrons. The van der Waals surface area contributed by atoms with Gasteiger partial charge in [0.05, 0.1) is 0 Å². The molecule has 0 radical (unpaired) electrons. The van der Waals surface area contributed by atoms with E-state index in [4.69, 9.17) is 0 Å². The van der Waals surface area contributed by atoms with Crippen LogP contribution < -0.4 is 0 Å². The highest BCUT2D eigenvalue weighted by molar-refractivity contribution is 5.37. The van der Waals surface area contributed by atoms with Gasteiger partial charge >= 0.3 is 0 Å². The van der Waals surface area contributed by atoms with Crippen LogP contribution in [-0.2, 0) is 0 Å². The zero-order valence-electron chi connectivity index (χ0n) is 7.15. The van der Waals surface area contributed by atoms with E-state index in [2.05, 4.69) is 45.6 Å². The summed E-state index contributed by atoms with van der Waals surface area (Å²) >= 11 is 0. The third kappa shape index (κ3) is 1.40. The highest BCUT2D eigenvalue weighted by atomic mass is 14.2. The van der Waals surface area contributed by atoms with Crippen molar-refractivity contribution >= 4 is 0 Å². The van der Waals surface area contributed by atoms with E-state index in [-0.39, 0.29) is 5.41 Å². The third-order valence-electron chi connectivity index (χ3n) is 1.64. The first kappa shape index (κ1) is 7.37. The summed E-state index contributed by atoms with van der Waals surface area (Å²) in [5.74, 6) is 0. The lowest BCUT2D eigenvalue weighted by molar-refractivity contribution is 0.519. The predicted molar refractivity (Wildman–Crippen MR) is 44.8 cm³/mol. The molecule has 0 aromatic rings. The van der Waals surface area contributed by atoms with Crippen LogP contribution in [0.25, 0.3) is 0 Å². The number of hydrogen-bond acceptors (Lipinski definition) is 0. The maximum atomic E-state index is 3.32. The van der Waals surface area contributed by atoms with Crippen LogP contribution in [0.3, 0.4) is 0 Å². The van der Waals surface area contributed by atoms with Crippen LogP contribution in [0.5, 0.6) is 0 Å². The molecular weight excluding hydrogens is 120 g/mol. The monoisotopic (exact) mass is 134 g/mol. The summed E-state index contributed by atoms with van der Waals surface area (Å²) in [7, 11) is 0. The van der Waals surface area contributed by atoms with Gasteiger partial charge in [-0.05, 0) is 29.6 Å². The standard InChI is InChI=1S/C10H14/c1-8-5-6-9(7-8)10(2,3)4/h5-6H,1-4H3. The fourth-order valence-electron chi connectivity index (χ4n) is 0.942.